The normalized spacial score (nSPS) is 15.7. The third-order valence-corrected chi connectivity index (χ3v) is 2.78. The fourth-order valence-corrected chi connectivity index (χ4v) is 1.67. The summed E-state index contributed by atoms with van der Waals surface area (Å²) in [6.45, 7) is 1.33. The van der Waals surface area contributed by atoms with Gasteiger partial charge in [0.05, 0.1) is 5.97 Å². The Morgan fingerprint density at radius 1 is 1.14 bits per heavy atom. The summed E-state index contributed by atoms with van der Waals surface area (Å²) in [5, 5.41) is 14.5. The first-order valence-electron chi connectivity index (χ1n) is 6.23. The van der Waals surface area contributed by atoms with Gasteiger partial charge >= 0.3 is 6.03 Å². The zero-order chi connectivity index (χ0) is 16.3. The molecule has 2 rings (SSSR count). The number of carbonyl (C=O) groups is 4. The van der Waals surface area contributed by atoms with E-state index < -0.39 is 29.9 Å². The van der Waals surface area contributed by atoms with Crippen LogP contribution in [0.1, 0.15) is 12.5 Å². The monoisotopic (exact) mass is 303 g/mol. The van der Waals surface area contributed by atoms with Gasteiger partial charge in [-0.15, -0.1) is 0 Å². The molecule has 0 radical (unpaired) electrons. The zero-order valence-corrected chi connectivity index (χ0v) is 11.4. The molecular weight excluding hydrogens is 292 g/mol. The smallest absolute Gasteiger partial charge is 0.328 e. The predicted octanol–water partition coefficient (Wildman–Crippen LogP) is -1.05. The largest absolute Gasteiger partial charge is 0.546 e. The van der Waals surface area contributed by atoms with Gasteiger partial charge in [-0.1, -0.05) is 12.1 Å². The lowest BCUT2D eigenvalue weighted by molar-refractivity contribution is -0.312. The Balaban J connectivity index is 2.15. The van der Waals surface area contributed by atoms with Gasteiger partial charge in [0.25, 0.3) is 11.8 Å². The number of carboxylic acids is 1. The summed E-state index contributed by atoms with van der Waals surface area (Å²) in [6, 6.07) is 5.15. The van der Waals surface area contributed by atoms with Crippen LogP contribution in [-0.2, 0) is 14.4 Å². The van der Waals surface area contributed by atoms with Crippen molar-refractivity contribution in [1.82, 2.24) is 10.6 Å². The molecule has 1 aliphatic heterocycles. The van der Waals surface area contributed by atoms with Crippen LogP contribution in [0.4, 0.5) is 4.79 Å². The molecule has 8 heteroatoms. The number of aliphatic carboxylic acids is 1. The van der Waals surface area contributed by atoms with E-state index in [0.717, 1.165) is 0 Å². The highest BCUT2D eigenvalue weighted by Crippen LogP contribution is 2.16. The summed E-state index contributed by atoms with van der Waals surface area (Å²) >= 11 is 0. The first-order chi connectivity index (χ1) is 10.4. The SMILES string of the molecule is C[C@H](Oc1ccc(C=C2C(=O)NC(=O)NC2=O)cc1)C(=O)[O-]. The highest BCUT2D eigenvalue weighted by atomic mass is 16.5. The molecule has 0 spiro atoms. The molecule has 1 heterocycles. The van der Waals surface area contributed by atoms with E-state index in [4.69, 9.17) is 4.74 Å². The fraction of sp³-hybridized carbons (Fsp3) is 0.143. The number of carbonyl (C=O) groups excluding carboxylic acids is 4. The van der Waals surface area contributed by atoms with Crippen LogP contribution in [0, 0.1) is 0 Å². The van der Waals surface area contributed by atoms with Crippen LogP contribution in [0.5, 0.6) is 5.75 Å². The van der Waals surface area contributed by atoms with E-state index in [9.17, 15) is 24.3 Å². The Bertz CT molecular complexity index is 655. The minimum atomic E-state index is -1.34. The van der Waals surface area contributed by atoms with Crippen LogP contribution in [0.15, 0.2) is 29.8 Å². The average Bonchev–Trinajstić information content (AvgIpc) is 2.44. The molecule has 1 aliphatic rings. The van der Waals surface area contributed by atoms with E-state index in [-0.39, 0.29) is 5.57 Å². The molecule has 0 bridgehead atoms. The molecule has 2 N–H and O–H groups in total. The van der Waals surface area contributed by atoms with E-state index in [1.165, 1.54) is 37.3 Å². The summed E-state index contributed by atoms with van der Waals surface area (Å²) in [4.78, 5) is 44.6. The molecule has 0 aromatic heterocycles. The lowest BCUT2D eigenvalue weighted by atomic mass is 10.1. The lowest BCUT2D eigenvalue weighted by Gasteiger charge is -2.15. The number of carboxylic acid groups (broad SMARTS) is 1. The average molecular weight is 303 g/mol. The maximum absolute atomic E-state index is 11.5. The van der Waals surface area contributed by atoms with Gasteiger partial charge in [0.2, 0.25) is 0 Å². The van der Waals surface area contributed by atoms with Crippen LogP contribution >= 0.6 is 0 Å². The molecule has 1 saturated heterocycles. The second-order valence-corrected chi connectivity index (χ2v) is 4.44. The number of benzene rings is 1. The lowest BCUT2D eigenvalue weighted by Crippen LogP contribution is -2.51. The van der Waals surface area contributed by atoms with E-state index in [1.54, 1.807) is 0 Å². The van der Waals surface area contributed by atoms with Gasteiger partial charge in [0, 0.05) is 0 Å². The van der Waals surface area contributed by atoms with Crippen molar-refractivity contribution < 1.29 is 29.0 Å². The van der Waals surface area contributed by atoms with Crippen molar-refractivity contribution in [2.45, 2.75) is 13.0 Å². The predicted molar refractivity (Wildman–Crippen MR) is 71.2 cm³/mol. The number of imide groups is 2. The molecule has 1 aromatic carbocycles. The number of barbiturate groups is 1. The maximum Gasteiger partial charge on any atom is 0.328 e. The minimum Gasteiger partial charge on any atom is -0.546 e. The molecule has 114 valence electrons. The molecule has 0 saturated carbocycles. The van der Waals surface area contributed by atoms with Crippen LogP contribution in [0.25, 0.3) is 6.08 Å². The summed E-state index contributed by atoms with van der Waals surface area (Å²) in [7, 11) is 0. The van der Waals surface area contributed by atoms with Crippen molar-refractivity contribution in [3.05, 3.63) is 35.4 Å². The Kier molecular flexibility index (Phi) is 4.21. The standard InChI is InChI=1S/C14H12N2O6/c1-7(13(19)20)22-9-4-2-8(3-5-9)6-10-11(17)15-14(21)16-12(10)18/h2-7H,1H3,(H,19,20)(H2,15,16,17,18,21)/p-1/t7-/m0/s1. The molecule has 22 heavy (non-hydrogen) atoms. The molecule has 0 unspecified atom stereocenters. The summed E-state index contributed by atoms with van der Waals surface area (Å²) in [5.74, 6) is -2.63. The van der Waals surface area contributed by atoms with Crippen molar-refractivity contribution in [3.8, 4) is 5.75 Å². The molecule has 1 fully saturated rings. The van der Waals surface area contributed by atoms with Crippen molar-refractivity contribution in [2.75, 3.05) is 0 Å². The number of nitrogens with one attached hydrogen (secondary N) is 2. The summed E-state index contributed by atoms with van der Waals surface area (Å²) in [6.07, 6.45) is 0.188. The van der Waals surface area contributed by atoms with Crippen molar-refractivity contribution in [2.24, 2.45) is 0 Å². The Morgan fingerprint density at radius 3 is 2.18 bits per heavy atom. The topological polar surface area (TPSA) is 125 Å². The number of urea groups is 1. The van der Waals surface area contributed by atoms with Crippen molar-refractivity contribution >= 4 is 29.9 Å². The van der Waals surface area contributed by atoms with Gasteiger partial charge in [0.1, 0.15) is 17.4 Å². The fourth-order valence-electron chi connectivity index (χ4n) is 1.67. The first-order valence-corrected chi connectivity index (χ1v) is 6.23. The van der Waals surface area contributed by atoms with Gasteiger partial charge in [0.15, 0.2) is 0 Å². The molecule has 4 amide bonds. The van der Waals surface area contributed by atoms with E-state index in [1.807, 2.05) is 10.6 Å². The molecule has 0 aliphatic carbocycles. The minimum absolute atomic E-state index is 0.212. The van der Waals surface area contributed by atoms with E-state index >= 15 is 0 Å². The van der Waals surface area contributed by atoms with E-state index in [0.29, 0.717) is 11.3 Å². The molecule has 8 nitrogen and oxygen atoms in total. The maximum atomic E-state index is 11.5. The van der Waals surface area contributed by atoms with Gasteiger partial charge in [-0.25, -0.2) is 4.79 Å². The third kappa shape index (κ3) is 3.48. The number of hydrogen-bond donors (Lipinski definition) is 2. The van der Waals surface area contributed by atoms with Crippen molar-refractivity contribution in [3.63, 3.8) is 0 Å². The quantitative estimate of drug-likeness (QED) is 0.540. The van der Waals surface area contributed by atoms with Gasteiger partial charge in [-0.2, -0.15) is 0 Å². The Morgan fingerprint density at radius 2 is 1.68 bits per heavy atom. The number of amides is 4. The van der Waals surface area contributed by atoms with Crippen LogP contribution in [-0.4, -0.2) is 29.9 Å². The Labute approximate surface area is 124 Å². The van der Waals surface area contributed by atoms with Crippen molar-refractivity contribution in [1.29, 1.82) is 0 Å². The van der Waals surface area contributed by atoms with Crippen LogP contribution < -0.4 is 20.5 Å². The van der Waals surface area contributed by atoms with Crippen LogP contribution in [0.2, 0.25) is 0 Å². The van der Waals surface area contributed by atoms with Gasteiger partial charge in [-0.05, 0) is 30.7 Å². The Hall–Kier alpha value is -3.16. The van der Waals surface area contributed by atoms with Gasteiger partial charge < -0.3 is 14.6 Å². The third-order valence-electron chi connectivity index (χ3n) is 2.78. The number of hydrogen-bond acceptors (Lipinski definition) is 6. The zero-order valence-electron chi connectivity index (χ0n) is 11.4. The molecule has 1 aromatic rings. The summed E-state index contributed by atoms with van der Waals surface area (Å²) in [5.41, 5.74) is 0.291. The first kappa shape index (κ1) is 15.2. The van der Waals surface area contributed by atoms with E-state index in [2.05, 4.69) is 0 Å². The number of ether oxygens (including phenoxy) is 1. The van der Waals surface area contributed by atoms with Crippen LogP contribution in [0.3, 0.4) is 0 Å². The highest BCUT2D eigenvalue weighted by Gasteiger charge is 2.27. The van der Waals surface area contributed by atoms with Gasteiger partial charge in [-0.3, -0.25) is 20.2 Å². The second kappa shape index (κ2) is 6.08. The highest BCUT2D eigenvalue weighted by molar-refractivity contribution is 6.31. The second-order valence-electron chi connectivity index (χ2n) is 4.44. The summed E-state index contributed by atoms with van der Waals surface area (Å²) < 4.78 is 5.09. The number of rotatable bonds is 4. The molecular formula is C14H11N2O6-. The molecule has 1 atom stereocenters.